The average molecular weight is 362 g/mol. The van der Waals surface area contributed by atoms with Gasteiger partial charge in [-0.1, -0.05) is 36.4 Å². The van der Waals surface area contributed by atoms with Gasteiger partial charge >= 0.3 is 11.9 Å². The molecule has 0 atom stereocenters. The number of benzene rings is 2. The minimum atomic E-state index is -0.925. The first-order chi connectivity index (χ1) is 12.5. The van der Waals surface area contributed by atoms with Crippen LogP contribution in [0.15, 0.2) is 60.7 Å². The summed E-state index contributed by atoms with van der Waals surface area (Å²) in [5.74, 6) is -1.85. The normalized spacial score (nSPS) is 9.62. The standard InChI is InChI=1S/2C9H11NO3/c2*1-13-10(7-9(11)12)8-5-3-2-4-6-8/h2*2-6H,7H2,1H3,(H,11,12). The van der Waals surface area contributed by atoms with Gasteiger partial charge in [-0.25, -0.2) is 10.1 Å². The van der Waals surface area contributed by atoms with Crippen LogP contribution in [0.2, 0.25) is 0 Å². The van der Waals surface area contributed by atoms with Crippen molar-refractivity contribution in [2.75, 3.05) is 37.4 Å². The van der Waals surface area contributed by atoms with Crippen molar-refractivity contribution in [3.05, 3.63) is 60.7 Å². The van der Waals surface area contributed by atoms with Crippen LogP contribution in [0, 0.1) is 0 Å². The lowest BCUT2D eigenvalue weighted by atomic mass is 10.3. The second-order valence-electron chi connectivity index (χ2n) is 4.90. The molecule has 0 heterocycles. The predicted molar refractivity (Wildman–Crippen MR) is 96.9 cm³/mol. The second kappa shape index (κ2) is 11.5. The molecule has 2 N–H and O–H groups in total. The quantitative estimate of drug-likeness (QED) is 0.690. The number of carboxylic acid groups (broad SMARTS) is 2. The minimum Gasteiger partial charge on any atom is -0.480 e. The molecule has 8 nitrogen and oxygen atoms in total. The zero-order chi connectivity index (χ0) is 19.4. The lowest BCUT2D eigenvalue weighted by molar-refractivity contribution is -0.137. The molecule has 0 aromatic heterocycles. The van der Waals surface area contributed by atoms with E-state index in [2.05, 4.69) is 0 Å². The lowest BCUT2D eigenvalue weighted by Gasteiger charge is -2.18. The molecule has 0 spiro atoms. The van der Waals surface area contributed by atoms with Crippen LogP contribution in [0.25, 0.3) is 0 Å². The average Bonchev–Trinajstić information content (AvgIpc) is 2.66. The van der Waals surface area contributed by atoms with Crippen LogP contribution < -0.4 is 10.1 Å². The van der Waals surface area contributed by atoms with Gasteiger partial charge in [0.1, 0.15) is 13.1 Å². The fraction of sp³-hybridized carbons (Fsp3) is 0.222. The summed E-state index contributed by atoms with van der Waals surface area (Å²) in [6, 6.07) is 18.1. The molecule has 0 saturated heterocycles. The Morgan fingerprint density at radius 1 is 0.731 bits per heavy atom. The molecule has 0 amide bonds. The van der Waals surface area contributed by atoms with Gasteiger partial charge in [0.15, 0.2) is 0 Å². The van der Waals surface area contributed by atoms with Crippen molar-refractivity contribution in [2.45, 2.75) is 0 Å². The van der Waals surface area contributed by atoms with E-state index >= 15 is 0 Å². The summed E-state index contributed by atoms with van der Waals surface area (Å²) < 4.78 is 0. The fourth-order valence-corrected chi connectivity index (χ4v) is 1.96. The first kappa shape index (κ1) is 20.9. The molecule has 0 saturated carbocycles. The molecule has 2 aromatic carbocycles. The van der Waals surface area contributed by atoms with E-state index in [0.29, 0.717) is 0 Å². The van der Waals surface area contributed by atoms with E-state index in [1.165, 1.54) is 24.3 Å². The maximum atomic E-state index is 10.4. The van der Waals surface area contributed by atoms with Crippen molar-refractivity contribution in [3.8, 4) is 0 Å². The van der Waals surface area contributed by atoms with Gasteiger partial charge in [0.05, 0.1) is 25.6 Å². The summed E-state index contributed by atoms with van der Waals surface area (Å²) in [7, 11) is 2.88. The maximum absolute atomic E-state index is 10.4. The molecule has 26 heavy (non-hydrogen) atoms. The van der Waals surface area contributed by atoms with Crippen LogP contribution >= 0.6 is 0 Å². The van der Waals surface area contributed by atoms with Gasteiger partial charge in [-0.15, -0.1) is 0 Å². The van der Waals surface area contributed by atoms with E-state index in [0.717, 1.165) is 11.4 Å². The third kappa shape index (κ3) is 7.65. The zero-order valence-electron chi connectivity index (χ0n) is 14.6. The number of rotatable bonds is 8. The molecule has 0 radical (unpaired) electrons. The Kier molecular flexibility index (Phi) is 9.23. The molecule has 2 aromatic rings. The number of anilines is 2. The van der Waals surface area contributed by atoms with E-state index in [-0.39, 0.29) is 13.1 Å². The van der Waals surface area contributed by atoms with Crippen LogP contribution in [0.3, 0.4) is 0 Å². The van der Waals surface area contributed by atoms with Gasteiger partial charge in [0.2, 0.25) is 0 Å². The maximum Gasteiger partial charge on any atom is 0.325 e. The van der Waals surface area contributed by atoms with Gasteiger partial charge in [0.25, 0.3) is 0 Å². The van der Waals surface area contributed by atoms with Crippen molar-refractivity contribution in [1.29, 1.82) is 0 Å². The number of carboxylic acids is 2. The smallest absolute Gasteiger partial charge is 0.325 e. The van der Waals surface area contributed by atoms with E-state index in [1.54, 1.807) is 24.3 Å². The molecule has 0 bridgehead atoms. The zero-order valence-corrected chi connectivity index (χ0v) is 14.6. The Balaban J connectivity index is 0.000000260. The monoisotopic (exact) mass is 362 g/mol. The van der Waals surface area contributed by atoms with Gasteiger partial charge in [-0.2, -0.15) is 0 Å². The number of aliphatic carboxylic acids is 2. The van der Waals surface area contributed by atoms with Gasteiger partial charge in [0, 0.05) is 0 Å². The van der Waals surface area contributed by atoms with E-state index < -0.39 is 11.9 Å². The van der Waals surface area contributed by atoms with Crippen LogP contribution in [-0.2, 0) is 19.3 Å². The van der Waals surface area contributed by atoms with Crippen LogP contribution in [0.5, 0.6) is 0 Å². The van der Waals surface area contributed by atoms with Gasteiger partial charge in [-0.05, 0) is 24.3 Å². The summed E-state index contributed by atoms with van der Waals surface area (Å²) in [5, 5.41) is 19.7. The topological polar surface area (TPSA) is 99.5 Å². The summed E-state index contributed by atoms with van der Waals surface area (Å²) in [6.07, 6.45) is 0. The molecule has 140 valence electrons. The number of para-hydroxylation sites is 2. The SMILES string of the molecule is CON(CC(=O)O)c1ccccc1.CON(CC(=O)O)c1ccccc1. The molecule has 2 rings (SSSR count). The fourth-order valence-electron chi connectivity index (χ4n) is 1.96. The third-order valence-corrected chi connectivity index (χ3v) is 3.09. The largest absolute Gasteiger partial charge is 0.480 e. The van der Waals surface area contributed by atoms with E-state index in [1.807, 2.05) is 36.4 Å². The van der Waals surface area contributed by atoms with Gasteiger partial charge < -0.3 is 10.2 Å². The highest BCUT2D eigenvalue weighted by molar-refractivity contribution is 5.73. The number of hydroxylamine groups is 2. The van der Waals surface area contributed by atoms with Crippen LogP contribution in [0.4, 0.5) is 11.4 Å². The van der Waals surface area contributed by atoms with Crippen molar-refractivity contribution in [2.24, 2.45) is 0 Å². The Morgan fingerprint density at radius 3 is 1.27 bits per heavy atom. The van der Waals surface area contributed by atoms with Crippen molar-refractivity contribution in [1.82, 2.24) is 0 Å². The highest BCUT2D eigenvalue weighted by Crippen LogP contribution is 2.12. The van der Waals surface area contributed by atoms with Gasteiger partial charge in [-0.3, -0.25) is 19.3 Å². The number of hydrogen-bond donors (Lipinski definition) is 2. The van der Waals surface area contributed by atoms with Crippen LogP contribution in [-0.4, -0.2) is 49.5 Å². The van der Waals surface area contributed by atoms with Crippen molar-refractivity contribution >= 4 is 23.3 Å². The van der Waals surface area contributed by atoms with E-state index in [9.17, 15) is 9.59 Å². The number of nitrogens with zero attached hydrogens (tertiary/aromatic N) is 2. The molecular formula is C18H22N2O6. The Labute approximate surface area is 151 Å². The predicted octanol–water partition coefficient (Wildman–Crippen LogP) is 2.28. The first-order valence-electron chi connectivity index (χ1n) is 7.65. The second-order valence-corrected chi connectivity index (χ2v) is 4.90. The summed E-state index contributed by atoms with van der Waals surface area (Å²) in [6.45, 7) is -0.332. The molecule has 0 aliphatic carbocycles. The number of carbonyl (C=O) groups is 2. The number of hydrogen-bond acceptors (Lipinski definition) is 6. The molecule has 0 aliphatic rings. The van der Waals surface area contributed by atoms with Crippen LogP contribution in [0.1, 0.15) is 0 Å². The lowest BCUT2D eigenvalue weighted by Crippen LogP contribution is -2.28. The Bertz CT molecular complexity index is 606. The Morgan fingerprint density at radius 2 is 1.04 bits per heavy atom. The molecular weight excluding hydrogens is 340 g/mol. The minimum absolute atomic E-state index is 0.166. The summed E-state index contributed by atoms with van der Waals surface area (Å²) >= 11 is 0. The first-order valence-corrected chi connectivity index (χ1v) is 7.65. The summed E-state index contributed by atoms with van der Waals surface area (Å²) in [4.78, 5) is 30.6. The molecule has 0 unspecified atom stereocenters. The van der Waals surface area contributed by atoms with Crippen molar-refractivity contribution < 1.29 is 29.5 Å². The highest BCUT2D eigenvalue weighted by Gasteiger charge is 2.09. The third-order valence-electron chi connectivity index (χ3n) is 3.09. The highest BCUT2D eigenvalue weighted by atomic mass is 16.7. The Hall–Kier alpha value is -3.10. The van der Waals surface area contributed by atoms with E-state index in [4.69, 9.17) is 19.9 Å². The molecule has 0 fully saturated rings. The van der Waals surface area contributed by atoms with Crippen molar-refractivity contribution in [3.63, 3.8) is 0 Å². The summed E-state index contributed by atoms with van der Waals surface area (Å²) in [5.41, 5.74) is 1.46. The molecule has 0 aliphatic heterocycles. The molecule has 8 heteroatoms.